The second kappa shape index (κ2) is 4.12. The SMILES string of the molecule is C=[N+]([O-])c1cc2oc3ccccc3c2cc1C(C)C. The summed E-state index contributed by atoms with van der Waals surface area (Å²) in [6.07, 6.45) is 0. The van der Waals surface area contributed by atoms with Gasteiger partial charge in [0.15, 0.2) is 0 Å². The van der Waals surface area contributed by atoms with Crippen molar-refractivity contribution in [2.75, 3.05) is 0 Å². The van der Waals surface area contributed by atoms with Crippen molar-refractivity contribution in [2.24, 2.45) is 0 Å². The minimum absolute atomic E-state index is 0.256. The molecule has 0 saturated carbocycles. The summed E-state index contributed by atoms with van der Waals surface area (Å²) < 4.78 is 6.44. The molecule has 0 aliphatic heterocycles. The topological polar surface area (TPSA) is 39.2 Å². The van der Waals surface area contributed by atoms with Crippen molar-refractivity contribution < 1.29 is 9.16 Å². The van der Waals surface area contributed by atoms with E-state index in [2.05, 4.69) is 20.6 Å². The first kappa shape index (κ1) is 11.8. The van der Waals surface area contributed by atoms with Crippen LogP contribution in [0.5, 0.6) is 0 Å². The number of rotatable bonds is 2. The van der Waals surface area contributed by atoms with E-state index in [1.165, 1.54) is 0 Å². The normalized spacial score (nSPS) is 11.5. The van der Waals surface area contributed by atoms with Gasteiger partial charge in [0.1, 0.15) is 17.9 Å². The van der Waals surface area contributed by atoms with E-state index in [9.17, 15) is 5.21 Å². The first-order valence-corrected chi connectivity index (χ1v) is 6.31. The van der Waals surface area contributed by atoms with Crippen LogP contribution in [0.4, 0.5) is 5.69 Å². The highest BCUT2D eigenvalue weighted by Crippen LogP contribution is 2.36. The number of hydrogen-bond acceptors (Lipinski definition) is 2. The summed E-state index contributed by atoms with van der Waals surface area (Å²) >= 11 is 0. The Hall–Kier alpha value is -2.29. The molecule has 0 amide bonds. The summed E-state index contributed by atoms with van der Waals surface area (Å²) in [5, 5.41) is 13.7. The zero-order valence-electron chi connectivity index (χ0n) is 11.0. The molecule has 0 fully saturated rings. The molecule has 0 radical (unpaired) electrons. The molecule has 0 unspecified atom stereocenters. The molecule has 0 saturated heterocycles. The van der Waals surface area contributed by atoms with Crippen molar-refractivity contribution in [3.8, 4) is 0 Å². The molecule has 0 spiro atoms. The predicted octanol–water partition coefficient (Wildman–Crippen LogP) is 4.55. The second-order valence-electron chi connectivity index (χ2n) is 5.04. The number of furan rings is 1. The highest BCUT2D eigenvalue weighted by atomic mass is 16.5. The molecule has 3 nitrogen and oxygen atoms in total. The summed E-state index contributed by atoms with van der Waals surface area (Å²) in [6.45, 7) is 7.58. The lowest BCUT2D eigenvalue weighted by atomic mass is 9.98. The van der Waals surface area contributed by atoms with Gasteiger partial charge in [-0.15, -0.1) is 0 Å². The standard InChI is InChI=1S/C16H15NO2/c1-10(2)12-8-13-11-6-4-5-7-15(11)19-16(13)9-14(12)17(3)18/h4-10H,3H2,1-2H3. The summed E-state index contributed by atoms with van der Waals surface area (Å²) in [6, 6.07) is 11.7. The molecule has 1 heterocycles. The fourth-order valence-corrected chi connectivity index (χ4v) is 2.46. The van der Waals surface area contributed by atoms with Crippen molar-refractivity contribution in [1.82, 2.24) is 0 Å². The molecule has 1 aromatic heterocycles. The monoisotopic (exact) mass is 253 g/mol. The van der Waals surface area contributed by atoms with E-state index in [0.717, 1.165) is 27.5 Å². The Kier molecular flexibility index (Phi) is 2.56. The molecule has 0 N–H and O–H groups in total. The van der Waals surface area contributed by atoms with Crippen LogP contribution in [0.15, 0.2) is 40.8 Å². The minimum Gasteiger partial charge on any atom is -0.619 e. The largest absolute Gasteiger partial charge is 0.619 e. The summed E-state index contributed by atoms with van der Waals surface area (Å²) in [5.74, 6) is 0.256. The van der Waals surface area contributed by atoms with Gasteiger partial charge in [-0.3, -0.25) is 0 Å². The molecule has 0 bridgehead atoms. The van der Waals surface area contributed by atoms with Gasteiger partial charge in [0.05, 0.1) is 6.07 Å². The molecule has 3 heteroatoms. The highest BCUT2D eigenvalue weighted by Gasteiger charge is 2.17. The molecule has 96 valence electrons. The van der Waals surface area contributed by atoms with Crippen LogP contribution in [0, 0.1) is 5.21 Å². The Bertz CT molecular complexity index is 784. The van der Waals surface area contributed by atoms with E-state index < -0.39 is 0 Å². The van der Waals surface area contributed by atoms with Crippen LogP contribution in [0.1, 0.15) is 25.3 Å². The zero-order valence-corrected chi connectivity index (χ0v) is 11.0. The van der Waals surface area contributed by atoms with Crippen LogP contribution in [0.2, 0.25) is 0 Å². The van der Waals surface area contributed by atoms with Crippen molar-refractivity contribution in [3.05, 3.63) is 47.2 Å². The quantitative estimate of drug-likeness (QED) is 0.291. The lowest BCUT2D eigenvalue weighted by Gasteiger charge is -2.10. The average Bonchev–Trinajstić information content (AvgIpc) is 2.74. The molecular weight excluding hydrogens is 238 g/mol. The van der Waals surface area contributed by atoms with Gasteiger partial charge in [0, 0.05) is 16.3 Å². The van der Waals surface area contributed by atoms with E-state index in [1.807, 2.05) is 30.3 Å². The molecule has 19 heavy (non-hydrogen) atoms. The lowest BCUT2D eigenvalue weighted by molar-refractivity contribution is -0.350. The van der Waals surface area contributed by atoms with Crippen LogP contribution in [-0.2, 0) is 0 Å². The van der Waals surface area contributed by atoms with Crippen LogP contribution in [0.3, 0.4) is 0 Å². The van der Waals surface area contributed by atoms with Gasteiger partial charge in [0.2, 0.25) is 5.69 Å². The lowest BCUT2D eigenvalue weighted by Crippen LogP contribution is -1.98. The zero-order chi connectivity index (χ0) is 13.6. The number of para-hydroxylation sites is 1. The Morgan fingerprint density at radius 1 is 1.11 bits per heavy atom. The van der Waals surface area contributed by atoms with Crippen molar-refractivity contribution in [2.45, 2.75) is 19.8 Å². The molecule has 3 rings (SSSR count). The fourth-order valence-electron chi connectivity index (χ4n) is 2.46. The van der Waals surface area contributed by atoms with Crippen molar-refractivity contribution >= 4 is 34.3 Å². The van der Waals surface area contributed by atoms with Gasteiger partial charge in [-0.1, -0.05) is 32.0 Å². The Balaban J connectivity index is 2.43. The van der Waals surface area contributed by atoms with Gasteiger partial charge < -0.3 is 9.62 Å². The third-order valence-electron chi connectivity index (χ3n) is 3.42. The summed E-state index contributed by atoms with van der Waals surface area (Å²) in [7, 11) is 0. The maximum atomic E-state index is 11.6. The van der Waals surface area contributed by atoms with Crippen LogP contribution < -0.4 is 0 Å². The Morgan fingerprint density at radius 2 is 1.84 bits per heavy atom. The van der Waals surface area contributed by atoms with Gasteiger partial charge in [-0.25, -0.2) is 0 Å². The fraction of sp³-hybridized carbons (Fsp3) is 0.188. The van der Waals surface area contributed by atoms with Gasteiger partial charge >= 0.3 is 0 Å². The summed E-state index contributed by atoms with van der Waals surface area (Å²) in [4.78, 5) is 0. The van der Waals surface area contributed by atoms with E-state index in [-0.39, 0.29) is 5.92 Å². The van der Waals surface area contributed by atoms with Crippen molar-refractivity contribution in [3.63, 3.8) is 0 Å². The molecule has 0 aliphatic carbocycles. The van der Waals surface area contributed by atoms with Crippen LogP contribution in [0.25, 0.3) is 21.9 Å². The van der Waals surface area contributed by atoms with Crippen molar-refractivity contribution in [1.29, 1.82) is 0 Å². The number of hydrogen-bond donors (Lipinski definition) is 0. The van der Waals surface area contributed by atoms with Gasteiger partial charge in [-0.05, 0) is 18.1 Å². The third kappa shape index (κ3) is 1.78. The highest BCUT2D eigenvalue weighted by molar-refractivity contribution is 6.05. The molecule has 0 atom stereocenters. The number of benzene rings is 2. The van der Waals surface area contributed by atoms with E-state index in [0.29, 0.717) is 10.4 Å². The second-order valence-corrected chi connectivity index (χ2v) is 5.04. The predicted molar refractivity (Wildman–Crippen MR) is 78.2 cm³/mol. The smallest absolute Gasteiger partial charge is 0.223 e. The molecule has 0 aliphatic rings. The first-order valence-electron chi connectivity index (χ1n) is 6.31. The molecule has 3 aromatic rings. The first-order chi connectivity index (χ1) is 9.08. The minimum atomic E-state index is 0.256. The van der Waals surface area contributed by atoms with Gasteiger partial charge in [-0.2, -0.15) is 4.74 Å². The summed E-state index contributed by atoms with van der Waals surface area (Å²) in [5.41, 5.74) is 3.13. The number of fused-ring (bicyclic) bond motifs is 3. The van der Waals surface area contributed by atoms with Crippen LogP contribution >= 0.6 is 0 Å². The van der Waals surface area contributed by atoms with E-state index >= 15 is 0 Å². The maximum Gasteiger partial charge on any atom is 0.223 e. The van der Waals surface area contributed by atoms with E-state index in [4.69, 9.17) is 4.42 Å². The van der Waals surface area contributed by atoms with E-state index in [1.54, 1.807) is 6.07 Å². The molecule has 2 aromatic carbocycles. The third-order valence-corrected chi connectivity index (χ3v) is 3.42. The molecular formula is C16H15NO2. The Morgan fingerprint density at radius 3 is 2.53 bits per heavy atom. The number of nitrogens with zero attached hydrogens (tertiary/aromatic N) is 1. The Labute approximate surface area is 111 Å². The average molecular weight is 253 g/mol. The van der Waals surface area contributed by atoms with Gasteiger partial charge in [0.25, 0.3) is 0 Å². The van der Waals surface area contributed by atoms with Crippen LogP contribution in [-0.4, -0.2) is 11.5 Å². The maximum absolute atomic E-state index is 11.6.